The molecule has 1 aromatic carbocycles. The number of nitro groups is 1. The minimum Gasteiger partial charge on any atom is -0.369 e. The van der Waals surface area contributed by atoms with Crippen molar-refractivity contribution in [2.24, 2.45) is 5.92 Å². The molecule has 1 fully saturated rings. The molecular formula is C15H20N2O3. The number of rotatable bonds is 6. The Bertz CT molecular complexity index is 536. The Labute approximate surface area is 118 Å². The van der Waals surface area contributed by atoms with E-state index in [-0.39, 0.29) is 23.1 Å². The Morgan fingerprint density at radius 3 is 2.55 bits per heavy atom. The van der Waals surface area contributed by atoms with E-state index < -0.39 is 4.92 Å². The van der Waals surface area contributed by atoms with Gasteiger partial charge in [0.25, 0.3) is 5.69 Å². The third-order valence-corrected chi connectivity index (χ3v) is 3.66. The zero-order chi connectivity index (χ0) is 14.9. The molecule has 1 aromatic rings. The quantitative estimate of drug-likeness (QED) is 0.453. The number of carbonyl (C=O) groups excluding carboxylic acids is 1. The van der Waals surface area contributed by atoms with Crippen LogP contribution in [0.3, 0.4) is 0 Å². The SMILES string of the molecule is CC(=O)c1ccc(N(CC2CC2)C(C)C)cc1[N+](=O)[O-]. The summed E-state index contributed by atoms with van der Waals surface area (Å²) in [4.78, 5) is 24.3. The number of benzene rings is 1. The standard InChI is InChI=1S/C15H20N2O3/c1-10(2)16(9-12-4-5-12)13-6-7-14(11(3)18)15(8-13)17(19)20/h6-8,10,12H,4-5,9H2,1-3H3. The monoisotopic (exact) mass is 276 g/mol. The molecule has 0 atom stereocenters. The Morgan fingerprint density at radius 2 is 2.10 bits per heavy atom. The second kappa shape index (κ2) is 5.61. The minimum atomic E-state index is -0.476. The van der Waals surface area contributed by atoms with Crippen LogP contribution in [-0.2, 0) is 0 Å². The maximum absolute atomic E-state index is 11.5. The second-order valence-electron chi connectivity index (χ2n) is 5.70. The molecule has 1 saturated carbocycles. The number of nitro benzene ring substituents is 1. The smallest absolute Gasteiger partial charge is 0.282 e. The van der Waals surface area contributed by atoms with Crippen molar-refractivity contribution >= 4 is 17.2 Å². The van der Waals surface area contributed by atoms with Crippen molar-refractivity contribution in [3.05, 3.63) is 33.9 Å². The minimum absolute atomic E-state index is 0.101. The Kier molecular flexibility index (Phi) is 4.06. The molecule has 108 valence electrons. The highest BCUT2D eigenvalue weighted by Crippen LogP contribution is 2.34. The lowest BCUT2D eigenvalue weighted by molar-refractivity contribution is -0.385. The fraction of sp³-hybridized carbons (Fsp3) is 0.533. The molecule has 0 spiro atoms. The Balaban J connectivity index is 2.37. The second-order valence-corrected chi connectivity index (χ2v) is 5.70. The normalized spacial score (nSPS) is 14.4. The van der Waals surface area contributed by atoms with Gasteiger partial charge in [0.1, 0.15) is 0 Å². The lowest BCUT2D eigenvalue weighted by Crippen LogP contribution is -2.32. The first-order valence-corrected chi connectivity index (χ1v) is 6.96. The largest absolute Gasteiger partial charge is 0.369 e. The molecule has 1 aliphatic rings. The van der Waals surface area contributed by atoms with Gasteiger partial charge in [-0.05, 0) is 51.7 Å². The van der Waals surface area contributed by atoms with E-state index in [0.717, 1.165) is 12.2 Å². The highest BCUT2D eigenvalue weighted by molar-refractivity contribution is 5.98. The maximum Gasteiger partial charge on any atom is 0.282 e. The van der Waals surface area contributed by atoms with Crippen molar-refractivity contribution < 1.29 is 9.72 Å². The molecule has 0 amide bonds. The molecule has 20 heavy (non-hydrogen) atoms. The van der Waals surface area contributed by atoms with Crippen molar-refractivity contribution in [3.63, 3.8) is 0 Å². The summed E-state index contributed by atoms with van der Waals surface area (Å²) >= 11 is 0. The molecule has 0 N–H and O–H groups in total. The summed E-state index contributed by atoms with van der Waals surface area (Å²) in [6, 6.07) is 5.18. The van der Waals surface area contributed by atoms with Gasteiger partial charge >= 0.3 is 0 Å². The topological polar surface area (TPSA) is 63.5 Å². The highest BCUT2D eigenvalue weighted by Gasteiger charge is 2.27. The Hall–Kier alpha value is -1.91. The molecule has 0 unspecified atom stereocenters. The van der Waals surface area contributed by atoms with Crippen molar-refractivity contribution in [1.29, 1.82) is 0 Å². The highest BCUT2D eigenvalue weighted by atomic mass is 16.6. The number of hydrogen-bond acceptors (Lipinski definition) is 4. The summed E-state index contributed by atoms with van der Waals surface area (Å²) in [6.45, 7) is 6.43. The van der Waals surface area contributed by atoms with Gasteiger partial charge in [0.15, 0.2) is 5.78 Å². The number of anilines is 1. The van der Waals surface area contributed by atoms with Crippen LogP contribution >= 0.6 is 0 Å². The van der Waals surface area contributed by atoms with Crippen LogP contribution in [0.4, 0.5) is 11.4 Å². The van der Waals surface area contributed by atoms with Gasteiger partial charge in [-0.2, -0.15) is 0 Å². The lowest BCUT2D eigenvalue weighted by atomic mass is 10.1. The first kappa shape index (κ1) is 14.5. The van der Waals surface area contributed by atoms with Crippen LogP contribution in [0.2, 0.25) is 0 Å². The molecular weight excluding hydrogens is 256 g/mol. The van der Waals surface area contributed by atoms with Crippen LogP contribution in [0.5, 0.6) is 0 Å². The van der Waals surface area contributed by atoms with Gasteiger partial charge in [0, 0.05) is 24.3 Å². The number of carbonyl (C=O) groups is 1. The van der Waals surface area contributed by atoms with Crippen LogP contribution in [0.1, 0.15) is 44.0 Å². The fourth-order valence-electron chi connectivity index (χ4n) is 2.34. The van der Waals surface area contributed by atoms with Gasteiger partial charge in [-0.25, -0.2) is 0 Å². The molecule has 0 saturated heterocycles. The van der Waals surface area contributed by atoms with Gasteiger partial charge in [-0.3, -0.25) is 14.9 Å². The van der Waals surface area contributed by atoms with Gasteiger partial charge in [-0.1, -0.05) is 0 Å². The summed E-state index contributed by atoms with van der Waals surface area (Å²) in [7, 11) is 0. The van der Waals surface area contributed by atoms with E-state index in [0.29, 0.717) is 5.92 Å². The van der Waals surface area contributed by atoms with Crippen LogP contribution in [0, 0.1) is 16.0 Å². The Morgan fingerprint density at radius 1 is 1.45 bits per heavy atom. The van der Waals surface area contributed by atoms with E-state index in [4.69, 9.17) is 0 Å². The molecule has 0 aliphatic heterocycles. The molecule has 0 radical (unpaired) electrons. The van der Waals surface area contributed by atoms with Gasteiger partial charge in [0.2, 0.25) is 0 Å². The number of nitrogens with zero attached hydrogens (tertiary/aromatic N) is 2. The summed E-state index contributed by atoms with van der Waals surface area (Å²) in [5.74, 6) is 0.422. The van der Waals surface area contributed by atoms with Gasteiger partial charge in [0.05, 0.1) is 10.5 Å². The number of hydrogen-bond donors (Lipinski definition) is 0. The third kappa shape index (κ3) is 3.15. The third-order valence-electron chi connectivity index (χ3n) is 3.66. The summed E-state index contributed by atoms with van der Waals surface area (Å²) < 4.78 is 0. The predicted molar refractivity (Wildman–Crippen MR) is 78.3 cm³/mol. The van der Waals surface area contributed by atoms with Crippen LogP contribution in [0.25, 0.3) is 0 Å². The average Bonchev–Trinajstić information content (AvgIpc) is 3.18. The molecule has 1 aliphatic carbocycles. The van der Waals surface area contributed by atoms with Crippen molar-refractivity contribution in [3.8, 4) is 0 Å². The van der Waals surface area contributed by atoms with Gasteiger partial charge in [-0.15, -0.1) is 0 Å². The summed E-state index contributed by atoms with van der Waals surface area (Å²) in [5.41, 5.74) is 0.897. The van der Waals surface area contributed by atoms with E-state index in [1.807, 2.05) is 6.07 Å². The molecule has 0 bridgehead atoms. The predicted octanol–water partition coefficient (Wildman–Crippen LogP) is 3.42. The molecule has 5 heteroatoms. The number of Topliss-reactive ketones (excluding diaryl/α,β-unsaturated/α-hetero) is 1. The van der Waals surface area contributed by atoms with Gasteiger partial charge < -0.3 is 4.90 Å². The summed E-state index contributed by atoms with van der Waals surface area (Å²) in [5, 5.41) is 11.1. The first-order valence-electron chi connectivity index (χ1n) is 6.96. The van der Waals surface area contributed by atoms with E-state index in [9.17, 15) is 14.9 Å². The molecule has 2 rings (SSSR count). The molecule has 5 nitrogen and oxygen atoms in total. The van der Waals surface area contributed by atoms with Crippen molar-refractivity contribution in [1.82, 2.24) is 0 Å². The zero-order valence-electron chi connectivity index (χ0n) is 12.1. The van der Waals surface area contributed by atoms with Crippen LogP contribution in [-0.4, -0.2) is 23.3 Å². The first-order chi connectivity index (χ1) is 9.40. The van der Waals surface area contributed by atoms with E-state index in [2.05, 4.69) is 18.7 Å². The molecule has 0 heterocycles. The molecule has 0 aromatic heterocycles. The average molecular weight is 276 g/mol. The van der Waals surface area contributed by atoms with Crippen LogP contribution < -0.4 is 4.90 Å². The van der Waals surface area contributed by atoms with Crippen molar-refractivity contribution in [2.75, 3.05) is 11.4 Å². The van der Waals surface area contributed by atoms with Crippen molar-refractivity contribution in [2.45, 2.75) is 39.7 Å². The van der Waals surface area contributed by atoms with E-state index in [1.165, 1.54) is 25.8 Å². The number of ketones is 1. The zero-order valence-corrected chi connectivity index (χ0v) is 12.1. The maximum atomic E-state index is 11.5. The summed E-state index contributed by atoms with van der Waals surface area (Å²) in [6.07, 6.45) is 2.47. The van der Waals surface area contributed by atoms with E-state index >= 15 is 0 Å². The lowest BCUT2D eigenvalue weighted by Gasteiger charge is -2.29. The van der Waals surface area contributed by atoms with Crippen LogP contribution in [0.15, 0.2) is 18.2 Å². The fourth-order valence-corrected chi connectivity index (χ4v) is 2.34. The van der Waals surface area contributed by atoms with E-state index in [1.54, 1.807) is 6.07 Å².